The molecular formula is C26H31KO3. The number of benzene rings is 2. The fourth-order valence-corrected chi connectivity index (χ4v) is 5.03. The molecule has 0 aromatic heterocycles. The maximum Gasteiger partial charge on any atom is 1.00 e. The van der Waals surface area contributed by atoms with E-state index in [1.165, 1.54) is 57.8 Å². The summed E-state index contributed by atoms with van der Waals surface area (Å²) < 4.78 is 6.03. The Hall–Kier alpha value is -0.654. The van der Waals surface area contributed by atoms with Crippen molar-refractivity contribution in [2.24, 2.45) is 0 Å². The maximum atomic E-state index is 12.3. The zero-order valence-corrected chi connectivity index (χ0v) is 21.4. The molecule has 3 nitrogen and oxygen atoms in total. The zero-order chi connectivity index (χ0) is 20.1. The van der Waals surface area contributed by atoms with E-state index in [0.717, 1.165) is 35.3 Å². The summed E-state index contributed by atoms with van der Waals surface area (Å²) >= 11 is 0. The summed E-state index contributed by atoms with van der Waals surface area (Å²) in [6.45, 7) is 0. The third-order valence-electron chi connectivity index (χ3n) is 6.61. The van der Waals surface area contributed by atoms with Crippen molar-refractivity contribution in [2.75, 3.05) is 0 Å². The molecule has 2 aromatic rings. The predicted octanol–water partition coefficient (Wildman–Crippen LogP) is 3.14. The van der Waals surface area contributed by atoms with Gasteiger partial charge in [0.05, 0.1) is 5.97 Å². The number of hydrogen-bond donors (Lipinski definition) is 0. The van der Waals surface area contributed by atoms with Gasteiger partial charge in [-0.3, -0.25) is 0 Å². The minimum absolute atomic E-state index is 0. The van der Waals surface area contributed by atoms with Gasteiger partial charge in [0.15, 0.2) is 0 Å². The zero-order valence-electron chi connectivity index (χ0n) is 18.3. The van der Waals surface area contributed by atoms with E-state index < -0.39 is 5.97 Å². The van der Waals surface area contributed by atoms with Crippen molar-refractivity contribution in [1.82, 2.24) is 0 Å². The summed E-state index contributed by atoms with van der Waals surface area (Å²) in [7, 11) is 0. The van der Waals surface area contributed by atoms with Crippen LogP contribution in [-0.2, 0) is 6.42 Å². The van der Waals surface area contributed by atoms with E-state index in [1.807, 2.05) is 36.4 Å². The molecule has 0 radical (unpaired) electrons. The Labute approximate surface area is 223 Å². The Balaban J connectivity index is 0.00000256. The van der Waals surface area contributed by atoms with Crippen molar-refractivity contribution >= 4 is 5.97 Å². The van der Waals surface area contributed by atoms with E-state index in [1.54, 1.807) is 0 Å². The van der Waals surface area contributed by atoms with Crippen molar-refractivity contribution in [3.05, 3.63) is 58.7 Å². The average Bonchev–Trinajstić information content (AvgIpc) is 2.72. The Morgan fingerprint density at radius 1 is 0.800 bits per heavy atom. The minimum Gasteiger partial charge on any atom is -0.545 e. The summed E-state index contributed by atoms with van der Waals surface area (Å²) in [6.07, 6.45) is 14.2. The Morgan fingerprint density at radius 3 is 2.03 bits per heavy atom. The first-order valence-electron chi connectivity index (χ1n) is 11.4. The molecular weight excluding hydrogens is 399 g/mol. The molecule has 4 heteroatoms. The molecule has 0 amide bonds. The maximum absolute atomic E-state index is 12.3. The molecule has 1 aliphatic heterocycles. The number of fused-ring (bicyclic) bond motifs is 2. The fourth-order valence-electron chi connectivity index (χ4n) is 5.03. The van der Waals surface area contributed by atoms with E-state index in [2.05, 4.69) is 0 Å². The standard InChI is InChI=1S/C26H32O3.K/c27-26(28)25-21(19-12-8-6-4-2-1-3-5-7-9-13-19)16-17-24-22(25)18-20-14-10-11-15-23(20)29-24;/h10-11,14-17,19H,1-9,12-13,18H2,(H,27,28);/q;+1/p-1. The Bertz CT molecular complexity index is 849. The Kier molecular flexibility index (Phi) is 9.46. The van der Waals surface area contributed by atoms with Crippen LogP contribution in [0.2, 0.25) is 0 Å². The molecule has 2 aliphatic rings. The van der Waals surface area contributed by atoms with Gasteiger partial charge in [0, 0.05) is 17.5 Å². The molecule has 0 N–H and O–H groups in total. The molecule has 1 heterocycles. The second kappa shape index (κ2) is 11.8. The third kappa shape index (κ3) is 5.77. The summed E-state index contributed by atoms with van der Waals surface area (Å²) in [4.78, 5) is 12.3. The van der Waals surface area contributed by atoms with Gasteiger partial charge in [0.1, 0.15) is 11.5 Å². The number of carbonyl (C=O) groups excluding carboxylic acids is 1. The number of ether oxygens (including phenoxy) is 1. The third-order valence-corrected chi connectivity index (χ3v) is 6.61. The van der Waals surface area contributed by atoms with E-state index >= 15 is 0 Å². The largest absolute Gasteiger partial charge is 1.00 e. The van der Waals surface area contributed by atoms with Gasteiger partial charge < -0.3 is 14.6 Å². The normalized spacial score (nSPS) is 17.9. The van der Waals surface area contributed by atoms with Crippen LogP contribution in [0.5, 0.6) is 11.5 Å². The number of para-hydroxylation sites is 1. The van der Waals surface area contributed by atoms with Gasteiger partial charge in [-0.2, -0.15) is 0 Å². The summed E-state index contributed by atoms with van der Waals surface area (Å²) in [6, 6.07) is 11.8. The molecule has 1 fully saturated rings. The smallest absolute Gasteiger partial charge is 0.545 e. The molecule has 0 atom stereocenters. The number of aromatic carboxylic acids is 1. The second-order valence-corrected chi connectivity index (χ2v) is 8.64. The number of carboxylic acids is 1. The van der Waals surface area contributed by atoms with Crippen LogP contribution in [-0.4, -0.2) is 5.97 Å². The van der Waals surface area contributed by atoms with Gasteiger partial charge in [-0.25, -0.2) is 0 Å². The Morgan fingerprint density at radius 2 is 1.40 bits per heavy atom. The van der Waals surface area contributed by atoms with Crippen molar-refractivity contribution < 1.29 is 66.0 Å². The van der Waals surface area contributed by atoms with Crippen LogP contribution in [0.15, 0.2) is 36.4 Å². The van der Waals surface area contributed by atoms with Gasteiger partial charge in [-0.15, -0.1) is 0 Å². The van der Waals surface area contributed by atoms with E-state index in [0.29, 0.717) is 23.7 Å². The fraction of sp³-hybridized carbons (Fsp3) is 0.500. The quantitative estimate of drug-likeness (QED) is 0.587. The van der Waals surface area contributed by atoms with Crippen LogP contribution in [0.4, 0.5) is 0 Å². The molecule has 0 unspecified atom stereocenters. The van der Waals surface area contributed by atoms with Gasteiger partial charge >= 0.3 is 51.4 Å². The number of hydrogen-bond acceptors (Lipinski definition) is 3. The van der Waals surface area contributed by atoms with Gasteiger partial charge in [0.25, 0.3) is 0 Å². The summed E-state index contributed by atoms with van der Waals surface area (Å²) in [5.41, 5.74) is 3.17. The molecule has 2 aromatic carbocycles. The molecule has 154 valence electrons. The first-order chi connectivity index (χ1) is 14.2. The van der Waals surface area contributed by atoms with Crippen molar-refractivity contribution in [3.63, 3.8) is 0 Å². The monoisotopic (exact) mass is 430 g/mol. The van der Waals surface area contributed by atoms with Crippen LogP contribution < -0.4 is 61.2 Å². The van der Waals surface area contributed by atoms with Crippen LogP contribution >= 0.6 is 0 Å². The molecule has 30 heavy (non-hydrogen) atoms. The molecule has 1 aliphatic carbocycles. The molecule has 0 saturated heterocycles. The SMILES string of the molecule is O=C([O-])c1c(C2CCCCCCCCCCC2)ccc2c1Cc1ccccc1O2.[K+]. The van der Waals surface area contributed by atoms with Gasteiger partial charge in [-0.05, 0) is 42.0 Å². The first-order valence-corrected chi connectivity index (χ1v) is 11.4. The molecule has 0 bridgehead atoms. The number of carboxylic acid groups (broad SMARTS) is 1. The van der Waals surface area contributed by atoms with Crippen molar-refractivity contribution in [1.29, 1.82) is 0 Å². The number of carbonyl (C=O) groups is 1. The molecule has 4 rings (SSSR count). The van der Waals surface area contributed by atoms with Crippen molar-refractivity contribution in [3.8, 4) is 11.5 Å². The van der Waals surface area contributed by atoms with Crippen LogP contribution in [0.25, 0.3) is 0 Å². The second-order valence-electron chi connectivity index (χ2n) is 8.64. The summed E-state index contributed by atoms with van der Waals surface area (Å²) in [5.74, 6) is 0.721. The molecule has 1 saturated carbocycles. The number of rotatable bonds is 2. The average molecular weight is 431 g/mol. The van der Waals surface area contributed by atoms with Crippen LogP contribution in [0.3, 0.4) is 0 Å². The van der Waals surface area contributed by atoms with E-state index in [4.69, 9.17) is 4.74 Å². The summed E-state index contributed by atoms with van der Waals surface area (Å²) in [5, 5.41) is 12.3. The first kappa shape index (κ1) is 24.0. The van der Waals surface area contributed by atoms with Crippen LogP contribution in [0, 0.1) is 0 Å². The van der Waals surface area contributed by atoms with Gasteiger partial charge in [-0.1, -0.05) is 82.1 Å². The van der Waals surface area contributed by atoms with E-state index in [9.17, 15) is 9.90 Å². The topological polar surface area (TPSA) is 49.4 Å². The minimum atomic E-state index is -1.06. The van der Waals surface area contributed by atoms with E-state index in [-0.39, 0.29) is 51.4 Å². The predicted molar refractivity (Wildman–Crippen MR) is 114 cm³/mol. The molecule has 0 spiro atoms. The van der Waals surface area contributed by atoms with Crippen LogP contribution in [0.1, 0.15) is 104 Å². The van der Waals surface area contributed by atoms with Crippen molar-refractivity contribution in [2.45, 2.75) is 83.0 Å². The van der Waals surface area contributed by atoms with Gasteiger partial charge in [0.2, 0.25) is 0 Å².